The molecule has 0 aromatic carbocycles. The number of aromatic nitrogens is 2. The first-order chi connectivity index (χ1) is 9.20. The lowest BCUT2D eigenvalue weighted by atomic mass is 10.1. The molecule has 0 fully saturated rings. The number of carbonyl (C=O) groups excluding carboxylic acids is 1. The number of ether oxygens (including phenoxy) is 1. The van der Waals surface area contributed by atoms with Crippen molar-refractivity contribution in [3.05, 3.63) is 53.1 Å². The monoisotopic (exact) mass is 259 g/mol. The maximum atomic E-state index is 11.3. The summed E-state index contributed by atoms with van der Waals surface area (Å²) < 4.78 is 4.64. The van der Waals surface area contributed by atoms with Gasteiger partial charge in [-0.05, 0) is 36.2 Å². The Bertz CT molecular complexity index is 563. The highest BCUT2D eigenvalue weighted by Gasteiger charge is 2.07. The molecule has 0 unspecified atom stereocenters. The van der Waals surface area contributed by atoms with E-state index in [9.17, 15) is 4.79 Å². The summed E-state index contributed by atoms with van der Waals surface area (Å²) in [5, 5.41) is 3.32. The van der Waals surface area contributed by atoms with Crippen molar-refractivity contribution in [2.75, 3.05) is 7.11 Å². The number of esters is 1. The van der Waals surface area contributed by atoms with Gasteiger partial charge in [-0.15, -0.1) is 0 Å². The normalized spacial score (nSPS) is 10.4. The van der Waals surface area contributed by atoms with E-state index in [1.54, 1.807) is 12.3 Å². The smallest absolute Gasteiger partial charge is 0.354 e. The molecular formula is C14H17N3O2. The Morgan fingerprint density at radius 3 is 2.95 bits per heavy atom. The number of hydrogen-bond acceptors (Lipinski definition) is 4. The Morgan fingerprint density at radius 2 is 2.21 bits per heavy atom. The molecule has 2 aromatic rings. The number of nitrogens with one attached hydrogen (secondary N) is 2. The molecular weight excluding hydrogens is 242 g/mol. The van der Waals surface area contributed by atoms with Gasteiger partial charge in [0.05, 0.1) is 7.11 Å². The third kappa shape index (κ3) is 3.42. The summed E-state index contributed by atoms with van der Waals surface area (Å²) in [7, 11) is 1.37. The highest BCUT2D eigenvalue weighted by molar-refractivity contribution is 5.87. The van der Waals surface area contributed by atoms with E-state index < -0.39 is 0 Å². The molecule has 5 nitrogen and oxygen atoms in total. The van der Waals surface area contributed by atoms with Crippen LogP contribution in [0.2, 0.25) is 0 Å². The van der Waals surface area contributed by atoms with Crippen LogP contribution in [-0.2, 0) is 17.8 Å². The van der Waals surface area contributed by atoms with E-state index in [0.717, 1.165) is 17.8 Å². The van der Waals surface area contributed by atoms with E-state index >= 15 is 0 Å². The van der Waals surface area contributed by atoms with Crippen LogP contribution in [0, 0.1) is 6.92 Å². The molecule has 2 aromatic heterocycles. The maximum absolute atomic E-state index is 11.3. The Balaban J connectivity index is 1.88. The van der Waals surface area contributed by atoms with Gasteiger partial charge in [0.25, 0.3) is 0 Å². The van der Waals surface area contributed by atoms with Gasteiger partial charge in [-0.1, -0.05) is 0 Å². The number of pyridine rings is 1. The average molecular weight is 259 g/mol. The Hall–Kier alpha value is -2.14. The van der Waals surface area contributed by atoms with Crippen LogP contribution in [-0.4, -0.2) is 23.0 Å². The van der Waals surface area contributed by atoms with Crippen LogP contribution in [0.1, 0.15) is 27.3 Å². The molecule has 5 heteroatoms. The summed E-state index contributed by atoms with van der Waals surface area (Å²) in [5.41, 5.74) is 3.80. The Morgan fingerprint density at radius 1 is 1.37 bits per heavy atom. The molecule has 0 aliphatic carbocycles. The number of methoxy groups -OCH3 is 1. The third-order valence-corrected chi connectivity index (χ3v) is 2.92. The first kappa shape index (κ1) is 13.3. The third-order valence-electron chi connectivity index (χ3n) is 2.92. The number of rotatable bonds is 5. The standard InChI is InChI=1S/C14H17N3O2/c1-10-7-15-6-5-11(10)8-16-9-12-3-4-13(17-12)14(18)19-2/h3-7,16-17H,8-9H2,1-2H3. The predicted octanol–water partition coefficient (Wildman–Crippen LogP) is 1.79. The summed E-state index contributed by atoms with van der Waals surface area (Å²) >= 11 is 0. The van der Waals surface area contributed by atoms with E-state index in [2.05, 4.69) is 20.0 Å². The summed E-state index contributed by atoms with van der Waals surface area (Å²) in [6.07, 6.45) is 3.63. The van der Waals surface area contributed by atoms with Crippen LogP contribution in [0.4, 0.5) is 0 Å². The lowest BCUT2D eigenvalue weighted by molar-refractivity contribution is 0.0594. The van der Waals surface area contributed by atoms with Gasteiger partial charge in [0.2, 0.25) is 0 Å². The van der Waals surface area contributed by atoms with Crippen LogP contribution < -0.4 is 5.32 Å². The second kappa shape index (κ2) is 6.15. The van der Waals surface area contributed by atoms with E-state index in [-0.39, 0.29) is 5.97 Å². The van der Waals surface area contributed by atoms with Gasteiger partial charge in [-0.25, -0.2) is 4.79 Å². The van der Waals surface area contributed by atoms with Crippen LogP contribution in [0.15, 0.2) is 30.6 Å². The Labute approximate surface area is 112 Å². The van der Waals surface area contributed by atoms with Crippen molar-refractivity contribution < 1.29 is 9.53 Å². The predicted molar refractivity (Wildman–Crippen MR) is 71.6 cm³/mol. The zero-order valence-electron chi connectivity index (χ0n) is 11.1. The summed E-state index contributed by atoms with van der Waals surface area (Å²) in [6, 6.07) is 5.59. The largest absolute Gasteiger partial charge is 0.464 e. The first-order valence-corrected chi connectivity index (χ1v) is 6.07. The number of aromatic amines is 1. The minimum absolute atomic E-state index is 0.351. The van der Waals surface area contributed by atoms with E-state index in [1.165, 1.54) is 12.7 Å². The minimum Gasteiger partial charge on any atom is -0.464 e. The van der Waals surface area contributed by atoms with Gasteiger partial charge in [-0.3, -0.25) is 4.98 Å². The number of hydrogen-bond donors (Lipinski definition) is 2. The van der Waals surface area contributed by atoms with Crippen molar-refractivity contribution in [2.24, 2.45) is 0 Å². The fourth-order valence-electron chi connectivity index (χ4n) is 1.80. The van der Waals surface area contributed by atoms with Gasteiger partial charge in [-0.2, -0.15) is 0 Å². The van der Waals surface area contributed by atoms with Crippen molar-refractivity contribution in [1.82, 2.24) is 15.3 Å². The minimum atomic E-state index is -0.351. The lowest BCUT2D eigenvalue weighted by Gasteiger charge is -2.06. The van der Waals surface area contributed by atoms with Gasteiger partial charge in [0.15, 0.2) is 0 Å². The number of H-pyrrole nitrogens is 1. The molecule has 0 saturated carbocycles. The topological polar surface area (TPSA) is 67.0 Å². The summed E-state index contributed by atoms with van der Waals surface area (Å²) in [5.74, 6) is -0.351. The molecule has 2 N–H and O–H groups in total. The molecule has 2 heterocycles. The second-order valence-corrected chi connectivity index (χ2v) is 4.29. The van der Waals surface area contributed by atoms with E-state index in [4.69, 9.17) is 0 Å². The zero-order chi connectivity index (χ0) is 13.7. The number of aryl methyl sites for hydroxylation is 1. The van der Waals surface area contributed by atoms with E-state index in [0.29, 0.717) is 12.2 Å². The molecule has 0 bridgehead atoms. The molecule has 2 rings (SSSR count). The molecule has 0 spiro atoms. The highest BCUT2D eigenvalue weighted by atomic mass is 16.5. The summed E-state index contributed by atoms with van der Waals surface area (Å²) in [6.45, 7) is 3.47. The average Bonchev–Trinajstić information content (AvgIpc) is 2.89. The lowest BCUT2D eigenvalue weighted by Crippen LogP contribution is -2.14. The molecule has 19 heavy (non-hydrogen) atoms. The quantitative estimate of drug-likeness (QED) is 0.803. The van der Waals surface area contributed by atoms with Crippen LogP contribution in [0.3, 0.4) is 0 Å². The summed E-state index contributed by atoms with van der Waals surface area (Å²) in [4.78, 5) is 18.4. The second-order valence-electron chi connectivity index (χ2n) is 4.29. The van der Waals surface area contributed by atoms with Crippen LogP contribution >= 0.6 is 0 Å². The maximum Gasteiger partial charge on any atom is 0.354 e. The highest BCUT2D eigenvalue weighted by Crippen LogP contribution is 2.06. The molecule has 0 atom stereocenters. The molecule has 0 saturated heterocycles. The first-order valence-electron chi connectivity index (χ1n) is 6.07. The van der Waals surface area contributed by atoms with Crippen molar-refractivity contribution in [3.63, 3.8) is 0 Å². The van der Waals surface area contributed by atoms with Crippen molar-refractivity contribution >= 4 is 5.97 Å². The fourth-order valence-corrected chi connectivity index (χ4v) is 1.80. The van der Waals surface area contributed by atoms with Crippen molar-refractivity contribution in [2.45, 2.75) is 20.0 Å². The fraction of sp³-hybridized carbons (Fsp3) is 0.286. The molecule has 0 aliphatic rings. The van der Waals surface area contributed by atoms with Crippen LogP contribution in [0.5, 0.6) is 0 Å². The SMILES string of the molecule is COC(=O)c1ccc(CNCc2ccncc2C)[nH]1. The molecule has 0 aliphatic heterocycles. The number of nitrogens with zero attached hydrogens (tertiary/aromatic N) is 1. The Kier molecular flexibility index (Phi) is 4.30. The van der Waals surface area contributed by atoms with E-state index in [1.807, 2.05) is 25.3 Å². The molecule has 0 radical (unpaired) electrons. The molecule has 0 amide bonds. The molecule has 100 valence electrons. The van der Waals surface area contributed by atoms with Crippen molar-refractivity contribution in [3.8, 4) is 0 Å². The van der Waals surface area contributed by atoms with Gasteiger partial charge >= 0.3 is 5.97 Å². The zero-order valence-corrected chi connectivity index (χ0v) is 11.1. The van der Waals surface area contributed by atoms with Gasteiger partial charge < -0.3 is 15.0 Å². The van der Waals surface area contributed by atoms with Crippen LogP contribution in [0.25, 0.3) is 0 Å². The van der Waals surface area contributed by atoms with Gasteiger partial charge in [0, 0.05) is 31.2 Å². The number of carbonyl (C=O) groups is 1. The van der Waals surface area contributed by atoms with Crippen molar-refractivity contribution in [1.29, 1.82) is 0 Å². The van der Waals surface area contributed by atoms with Gasteiger partial charge in [0.1, 0.15) is 5.69 Å².